The van der Waals surface area contributed by atoms with Crippen LogP contribution in [0.3, 0.4) is 0 Å². The molecule has 92 valence electrons. The molecule has 0 bridgehead atoms. The standard InChI is InChI=1S/C12H16N2O2S/c1-9(15)14-12(17-2)11(16)13-8-10-6-4-3-5-7-10/h3-7,12H,8H2,1-2H3,(H,13,16)(H,14,15). The second kappa shape index (κ2) is 6.96. The first-order chi connectivity index (χ1) is 8.13. The van der Waals surface area contributed by atoms with Crippen LogP contribution in [0.5, 0.6) is 0 Å². The van der Waals surface area contributed by atoms with E-state index in [4.69, 9.17) is 0 Å². The van der Waals surface area contributed by atoms with E-state index in [0.29, 0.717) is 6.54 Å². The number of nitrogens with one attached hydrogen (secondary N) is 2. The molecule has 0 radical (unpaired) electrons. The lowest BCUT2D eigenvalue weighted by atomic mass is 10.2. The molecule has 5 heteroatoms. The van der Waals surface area contributed by atoms with Crippen molar-refractivity contribution in [1.82, 2.24) is 10.6 Å². The number of amides is 2. The van der Waals surface area contributed by atoms with Crippen molar-refractivity contribution < 1.29 is 9.59 Å². The number of hydrogen-bond donors (Lipinski definition) is 2. The van der Waals surface area contributed by atoms with E-state index in [2.05, 4.69) is 10.6 Å². The van der Waals surface area contributed by atoms with E-state index in [1.165, 1.54) is 18.7 Å². The molecule has 1 rings (SSSR count). The quantitative estimate of drug-likeness (QED) is 0.772. The summed E-state index contributed by atoms with van der Waals surface area (Å²) in [5.41, 5.74) is 1.03. The van der Waals surface area contributed by atoms with Crippen LogP contribution in [0.2, 0.25) is 0 Å². The molecule has 0 heterocycles. The third-order valence-corrected chi connectivity index (χ3v) is 2.92. The highest BCUT2D eigenvalue weighted by molar-refractivity contribution is 7.99. The Morgan fingerprint density at radius 3 is 2.47 bits per heavy atom. The zero-order chi connectivity index (χ0) is 12.7. The first-order valence-corrected chi connectivity index (χ1v) is 6.54. The molecule has 0 saturated heterocycles. The lowest BCUT2D eigenvalue weighted by molar-refractivity contribution is -0.126. The van der Waals surface area contributed by atoms with Crippen LogP contribution in [0.15, 0.2) is 30.3 Å². The minimum absolute atomic E-state index is 0.184. The zero-order valence-corrected chi connectivity index (χ0v) is 10.7. The lowest BCUT2D eigenvalue weighted by Gasteiger charge is -2.15. The van der Waals surface area contributed by atoms with Crippen molar-refractivity contribution in [2.24, 2.45) is 0 Å². The van der Waals surface area contributed by atoms with Crippen LogP contribution < -0.4 is 10.6 Å². The van der Waals surface area contributed by atoms with Gasteiger partial charge in [-0.25, -0.2) is 0 Å². The van der Waals surface area contributed by atoms with Crippen LogP contribution in [-0.2, 0) is 16.1 Å². The third kappa shape index (κ3) is 4.91. The van der Waals surface area contributed by atoms with E-state index in [9.17, 15) is 9.59 Å². The summed E-state index contributed by atoms with van der Waals surface area (Å²) >= 11 is 1.30. The van der Waals surface area contributed by atoms with Crippen molar-refractivity contribution >= 4 is 23.6 Å². The average Bonchev–Trinajstić information content (AvgIpc) is 2.34. The second-order valence-electron chi connectivity index (χ2n) is 3.52. The maximum atomic E-state index is 11.7. The number of thioether (sulfide) groups is 1. The minimum Gasteiger partial charge on any atom is -0.349 e. The molecule has 2 amide bonds. The lowest BCUT2D eigenvalue weighted by Crippen LogP contribution is -2.43. The van der Waals surface area contributed by atoms with Gasteiger partial charge in [-0.05, 0) is 11.8 Å². The van der Waals surface area contributed by atoms with Crippen LogP contribution in [0.4, 0.5) is 0 Å². The fourth-order valence-electron chi connectivity index (χ4n) is 1.29. The zero-order valence-electron chi connectivity index (χ0n) is 9.90. The third-order valence-electron chi connectivity index (χ3n) is 2.12. The van der Waals surface area contributed by atoms with Gasteiger partial charge >= 0.3 is 0 Å². The molecule has 0 saturated carbocycles. The number of benzene rings is 1. The van der Waals surface area contributed by atoms with Gasteiger partial charge in [0.15, 0.2) is 5.37 Å². The predicted molar refractivity (Wildman–Crippen MR) is 69.4 cm³/mol. The first kappa shape index (κ1) is 13.6. The van der Waals surface area contributed by atoms with Gasteiger partial charge in [0, 0.05) is 13.5 Å². The normalized spacial score (nSPS) is 11.6. The Bertz CT molecular complexity index is 381. The van der Waals surface area contributed by atoms with Crippen LogP contribution >= 0.6 is 11.8 Å². The second-order valence-corrected chi connectivity index (χ2v) is 4.46. The van der Waals surface area contributed by atoms with Crippen molar-refractivity contribution in [3.63, 3.8) is 0 Å². The number of hydrogen-bond acceptors (Lipinski definition) is 3. The van der Waals surface area contributed by atoms with E-state index in [1.807, 2.05) is 30.3 Å². The predicted octanol–water partition coefficient (Wildman–Crippen LogP) is 1.13. The summed E-state index contributed by atoms with van der Waals surface area (Å²) in [6.45, 7) is 1.87. The largest absolute Gasteiger partial charge is 0.349 e. The van der Waals surface area contributed by atoms with E-state index >= 15 is 0 Å². The molecule has 1 aromatic carbocycles. The SMILES string of the molecule is CSC(NC(C)=O)C(=O)NCc1ccccc1. The monoisotopic (exact) mass is 252 g/mol. The summed E-state index contributed by atoms with van der Waals surface area (Å²) in [6.07, 6.45) is 1.78. The van der Waals surface area contributed by atoms with Gasteiger partial charge in [-0.2, -0.15) is 0 Å². The maximum absolute atomic E-state index is 11.7. The van der Waals surface area contributed by atoms with Crippen molar-refractivity contribution in [2.75, 3.05) is 6.26 Å². The minimum atomic E-state index is -0.531. The summed E-state index contributed by atoms with van der Waals surface area (Å²) in [4.78, 5) is 22.6. The molecule has 0 aromatic heterocycles. The molecule has 0 aliphatic carbocycles. The maximum Gasteiger partial charge on any atom is 0.253 e. The first-order valence-electron chi connectivity index (χ1n) is 5.25. The summed E-state index contributed by atoms with van der Waals surface area (Å²) < 4.78 is 0. The fraction of sp³-hybridized carbons (Fsp3) is 0.333. The van der Waals surface area contributed by atoms with Gasteiger partial charge in [-0.15, -0.1) is 11.8 Å². The number of carbonyl (C=O) groups is 2. The topological polar surface area (TPSA) is 58.2 Å². The van der Waals surface area contributed by atoms with Gasteiger partial charge in [0.25, 0.3) is 5.91 Å². The van der Waals surface area contributed by atoms with Crippen molar-refractivity contribution in [1.29, 1.82) is 0 Å². The van der Waals surface area contributed by atoms with Crippen molar-refractivity contribution in [2.45, 2.75) is 18.8 Å². The molecular weight excluding hydrogens is 236 g/mol. The van der Waals surface area contributed by atoms with Gasteiger partial charge in [0.2, 0.25) is 5.91 Å². The Hall–Kier alpha value is -1.49. The van der Waals surface area contributed by atoms with Crippen molar-refractivity contribution in [3.8, 4) is 0 Å². The molecule has 1 aromatic rings. The van der Waals surface area contributed by atoms with Gasteiger partial charge in [0.05, 0.1) is 0 Å². The van der Waals surface area contributed by atoms with Crippen LogP contribution in [0.25, 0.3) is 0 Å². The summed E-state index contributed by atoms with van der Waals surface area (Å²) in [7, 11) is 0. The Balaban J connectivity index is 2.45. The molecule has 2 N–H and O–H groups in total. The highest BCUT2D eigenvalue weighted by Gasteiger charge is 2.17. The molecule has 4 nitrogen and oxygen atoms in total. The van der Waals surface area contributed by atoms with E-state index in [0.717, 1.165) is 5.56 Å². The molecule has 0 fully saturated rings. The van der Waals surface area contributed by atoms with Gasteiger partial charge in [-0.3, -0.25) is 9.59 Å². The Morgan fingerprint density at radius 1 is 1.29 bits per heavy atom. The average molecular weight is 252 g/mol. The van der Waals surface area contributed by atoms with Crippen LogP contribution in [-0.4, -0.2) is 23.4 Å². The molecule has 1 atom stereocenters. The van der Waals surface area contributed by atoms with E-state index in [-0.39, 0.29) is 11.8 Å². The highest BCUT2D eigenvalue weighted by Crippen LogP contribution is 2.04. The Labute approximate surface area is 105 Å². The molecule has 0 spiro atoms. The van der Waals surface area contributed by atoms with Crippen LogP contribution in [0.1, 0.15) is 12.5 Å². The van der Waals surface area contributed by atoms with Gasteiger partial charge in [-0.1, -0.05) is 30.3 Å². The summed E-state index contributed by atoms with van der Waals surface area (Å²) in [6, 6.07) is 9.63. The number of carbonyl (C=O) groups excluding carboxylic acids is 2. The Kier molecular flexibility index (Phi) is 5.56. The molecule has 17 heavy (non-hydrogen) atoms. The van der Waals surface area contributed by atoms with Crippen molar-refractivity contribution in [3.05, 3.63) is 35.9 Å². The fourth-order valence-corrected chi connectivity index (χ4v) is 1.88. The summed E-state index contributed by atoms with van der Waals surface area (Å²) in [5.74, 6) is -0.393. The van der Waals surface area contributed by atoms with E-state index < -0.39 is 5.37 Å². The van der Waals surface area contributed by atoms with Crippen LogP contribution in [0, 0.1) is 0 Å². The number of rotatable bonds is 5. The van der Waals surface area contributed by atoms with E-state index in [1.54, 1.807) is 6.26 Å². The molecule has 1 unspecified atom stereocenters. The molecule has 0 aliphatic heterocycles. The van der Waals surface area contributed by atoms with Gasteiger partial charge in [0.1, 0.15) is 0 Å². The Morgan fingerprint density at radius 2 is 1.94 bits per heavy atom. The molecular formula is C12H16N2O2S. The molecule has 0 aliphatic rings. The smallest absolute Gasteiger partial charge is 0.253 e. The highest BCUT2D eigenvalue weighted by atomic mass is 32.2. The van der Waals surface area contributed by atoms with Gasteiger partial charge < -0.3 is 10.6 Å². The summed E-state index contributed by atoms with van der Waals surface area (Å²) in [5, 5.41) is 4.83.